The third-order valence-electron chi connectivity index (χ3n) is 4.21. The van der Waals surface area contributed by atoms with E-state index in [0.29, 0.717) is 18.8 Å². The molecule has 2 aromatic rings. The molecule has 138 valence electrons. The molecule has 1 fully saturated rings. The quantitative estimate of drug-likeness (QED) is 0.814. The highest BCUT2D eigenvalue weighted by Gasteiger charge is 2.16. The molecule has 0 radical (unpaired) electrons. The number of hydrogen-bond acceptors (Lipinski definition) is 5. The van der Waals surface area contributed by atoms with Crippen LogP contribution in [0, 0.1) is 0 Å². The first-order chi connectivity index (χ1) is 12.7. The predicted molar refractivity (Wildman–Crippen MR) is 97.1 cm³/mol. The van der Waals surface area contributed by atoms with Crippen LogP contribution in [0.2, 0.25) is 0 Å². The number of nitrogens with zero attached hydrogens (tertiary/aromatic N) is 2. The molecule has 1 amide bonds. The number of nitrogens with one attached hydrogen (secondary N) is 1. The van der Waals surface area contributed by atoms with Crippen LogP contribution >= 0.6 is 0 Å². The minimum atomic E-state index is -0.267. The zero-order chi connectivity index (χ0) is 18.4. The van der Waals surface area contributed by atoms with Crippen LogP contribution < -0.4 is 15.6 Å². The van der Waals surface area contributed by atoms with Gasteiger partial charge in [-0.15, -0.1) is 0 Å². The fraction of sp³-hybridized carbons (Fsp3) is 0.421. The summed E-state index contributed by atoms with van der Waals surface area (Å²) in [5, 5.41) is 2.80. The second-order valence-electron chi connectivity index (χ2n) is 6.14. The Morgan fingerprint density at radius 2 is 2.19 bits per heavy atom. The maximum Gasteiger partial charge on any atom is 0.254 e. The van der Waals surface area contributed by atoms with E-state index in [-0.39, 0.29) is 24.1 Å². The molecule has 26 heavy (non-hydrogen) atoms. The predicted octanol–water partition coefficient (Wildman–Crippen LogP) is 1.60. The fourth-order valence-corrected chi connectivity index (χ4v) is 2.83. The maximum atomic E-state index is 12.3. The van der Waals surface area contributed by atoms with Crippen molar-refractivity contribution in [2.75, 3.05) is 19.8 Å². The number of ether oxygens (including phenoxy) is 2. The third kappa shape index (κ3) is 4.70. The topological polar surface area (TPSA) is 82.5 Å². The summed E-state index contributed by atoms with van der Waals surface area (Å²) >= 11 is 0. The van der Waals surface area contributed by atoms with E-state index in [1.165, 1.54) is 17.0 Å². The first-order valence-electron chi connectivity index (χ1n) is 8.83. The van der Waals surface area contributed by atoms with Crippen LogP contribution in [-0.4, -0.2) is 41.3 Å². The first-order valence-corrected chi connectivity index (χ1v) is 8.83. The minimum Gasteiger partial charge on any atom is -0.494 e. The Kier molecular flexibility index (Phi) is 6.01. The van der Waals surface area contributed by atoms with E-state index in [4.69, 9.17) is 9.47 Å². The summed E-state index contributed by atoms with van der Waals surface area (Å²) in [5.74, 6) is 0.547. The third-order valence-corrected chi connectivity index (χ3v) is 4.21. The van der Waals surface area contributed by atoms with Crippen molar-refractivity contribution in [1.82, 2.24) is 14.9 Å². The van der Waals surface area contributed by atoms with Crippen molar-refractivity contribution >= 4 is 5.91 Å². The van der Waals surface area contributed by atoms with Gasteiger partial charge in [0.2, 0.25) is 5.91 Å². The van der Waals surface area contributed by atoms with Crippen LogP contribution in [0.1, 0.15) is 19.8 Å². The van der Waals surface area contributed by atoms with Crippen molar-refractivity contribution in [3.63, 3.8) is 0 Å². The van der Waals surface area contributed by atoms with Crippen molar-refractivity contribution in [3.8, 4) is 17.0 Å². The molecular weight excluding hydrogens is 334 g/mol. The summed E-state index contributed by atoms with van der Waals surface area (Å²) in [6, 6.07) is 8.81. The first kappa shape index (κ1) is 18.1. The Balaban J connectivity index is 1.61. The number of rotatable bonds is 7. The molecule has 7 nitrogen and oxygen atoms in total. The standard InChI is InChI=1S/C19H23N3O4/c1-2-25-15-7-5-14(6-8-15)17-10-19(24)22(13-21-17)12-18(23)20-11-16-4-3-9-26-16/h5-8,10,13,16H,2-4,9,11-12H2,1H3,(H,20,23). The molecule has 2 heterocycles. The number of benzene rings is 1. The van der Waals surface area contributed by atoms with Crippen molar-refractivity contribution in [2.45, 2.75) is 32.4 Å². The summed E-state index contributed by atoms with van der Waals surface area (Å²) in [7, 11) is 0. The SMILES string of the molecule is CCOc1ccc(-c2cc(=O)n(CC(=O)NCC3CCCO3)cn2)cc1. The molecule has 1 aliphatic heterocycles. The van der Waals surface area contributed by atoms with Crippen molar-refractivity contribution < 1.29 is 14.3 Å². The lowest BCUT2D eigenvalue weighted by Crippen LogP contribution is -2.36. The Morgan fingerprint density at radius 1 is 1.38 bits per heavy atom. The average molecular weight is 357 g/mol. The molecule has 1 aliphatic rings. The summed E-state index contributed by atoms with van der Waals surface area (Å²) < 4.78 is 12.2. The van der Waals surface area contributed by atoms with E-state index in [9.17, 15) is 9.59 Å². The molecule has 3 rings (SSSR count). The van der Waals surface area contributed by atoms with Crippen LogP contribution in [0.25, 0.3) is 11.3 Å². The van der Waals surface area contributed by atoms with Gasteiger partial charge in [-0.3, -0.25) is 14.2 Å². The van der Waals surface area contributed by atoms with E-state index in [0.717, 1.165) is 30.8 Å². The van der Waals surface area contributed by atoms with Gasteiger partial charge in [0.05, 0.1) is 24.7 Å². The second kappa shape index (κ2) is 8.62. The van der Waals surface area contributed by atoms with Gasteiger partial charge in [0.15, 0.2) is 0 Å². The fourth-order valence-electron chi connectivity index (χ4n) is 2.83. The number of carbonyl (C=O) groups excluding carboxylic acids is 1. The molecule has 1 aromatic heterocycles. The number of carbonyl (C=O) groups is 1. The highest BCUT2D eigenvalue weighted by molar-refractivity contribution is 5.75. The van der Waals surface area contributed by atoms with Crippen LogP contribution in [0.5, 0.6) is 5.75 Å². The van der Waals surface area contributed by atoms with Crippen molar-refractivity contribution in [2.24, 2.45) is 0 Å². The van der Waals surface area contributed by atoms with E-state index < -0.39 is 0 Å². The summed E-state index contributed by atoms with van der Waals surface area (Å²) in [5.41, 5.74) is 1.12. The molecule has 1 unspecified atom stereocenters. The van der Waals surface area contributed by atoms with Crippen LogP contribution in [0.4, 0.5) is 0 Å². The van der Waals surface area contributed by atoms with Gasteiger partial charge in [-0.25, -0.2) is 4.98 Å². The largest absolute Gasteiger partial charge is 0.494 e. The van der Waals surface area contributed by atoms with E-state index in [1.54, 1.807) is 0 Å². The molecule has 7 heteroatoms. The van der Waals surface area contributed by atoms with Crippen molar-refractivity contribution in [3.05, 3.63) is 47.0 Å². The molecule has 0 saturated carbocycles. The van der Waals surface area contributed by atoms with Gasteiger partial charge in [-0.2, -0.15) is 0 Å². The molecule has 0 aliphatic carbocycles. The molecule has 1 saturated heterocycles. The number of aromatic nitrogens is 2. The number of hydrogen-bond donors (Lipinski definition) is 1. The summed E-state index contributed by atoms with van der Waals surface area (Å²) in [6.07, 6.45) is 3.46. The Hall–Kier alpha value is -2.67. The van der Waals surface area contributed by atoms with Gasteiger partial charge in [-0.1, -0.05) is 0 Å². The van der Waals surface area contributed by atoms with Gasteiger partial charge >= 0.3 is 0 Å². The van der Waals surface area contributed by atoms with Gasteiger partial charge in [0, 0.05) is 24.8 Å². The molecule has 0 spiro atoms. The Morgan fingerprint density at radius 3 is 2.85 bits per heavy atom. The highest BCUT2D eigenvalue weighted by Crippen LogP contribution is 2.19. The molecular formula is C19H23N3O4. The lowest BCUT2D eigenvalue weighted by Gasteiger charge is -2.11. The van der Waals surface area contributed by atoms with Crippen molar-refractivity contribution in [1.29, 1.82) is 0 Å². The van der Waals surface area contributed by atoms with Gasteiger partial charge in [0.1, 0.15) is 12.3 Å². The summed E-state index contributed by atoms with van der Waals surface area (Å²) in [6.45, 7) is 3.69. The Labute approximate surface area is 152 Å². The average Bonchev–Trinajstić information content (AvgIpc) is 3.16. The zero-order valence-electron chi connectivity index (χ0n) is 14.8. The van der Waals surface area contributed by atoms with E-state index in [1.807, 2.05) is 31.2 Å². The highest BCUT2D eigenvalue weighted by atomic mass is 16.5. The molecule has 1 aromatic carbocycles. The molecule has 0 bridgehead atoms. The smallest absolute Gasteiger partial charge is 0.254 e. The van der Waals surface area contributed by atoms with Crippen LogP contribution in [-0.2, 0) is 16.1 Å². The zero-order valence-corrected chi connectivity index (χ0v) is 14.8. The Bertz CT molecular complexity index is 795. The monoisotopic (exact) mass is 357 g/mol. The second-order valence-corrected chi connectivity index (χ2v) is 6.14. The minimum absolute atomic E-state index is 0.0535. The van der Waals surface area contributed by atoms with Gasteiger partial charge in [-0.05, 0) is 44.0 Å². The lowest BCUT2D eigenvalue weighted by atomic mass is 10.1. The normalized spacial score (nSPS) is 16.4. The van der Waals surface area contributed by atoms with Crippen LogP contribution in [0.3, 0.4) is 0 Å². The molecule has 1 N–H and O–H groups in total. The van der Waals surface area contributed by atoms with E-state index in [2.05, 4.69) is 10.3 Å². The van der Waals surface area contributed by atoms with Crippen LogP contribution in [0.15, 0.2) is 41.5 Å². The van der Waals surface area contributed by atoms with E-state index >= 15 is 0 Å². The number of amides is 1. The maximum absolute atomic E-state index is 12.3. The summed E-state index contributed by atoms with van der Waals surface area (Å²) in [4.78, 5) is 28.6. The van der Waals surface area contributed by atoms with Gasteiger partial charge in [0.25, 0.3) is 5.56 Å². The lowest BCUT2D eigenvalue weighted by molar-refractivity contribution is -0.122. The molecule has 1 atom stereocenters. The van der Waals surface area contributed by atoms with Gasteiger partial charge < -0.3 is 14.8 Å².